The number of ether oxygens (including phenoxy) is 1. The summed E-state index contributed by atoms with van der Waals surface area (Å²) in [6.45, 7) is 7.33. The Morgan fingerprint density at radius 3 is 2.27 bits per heavy atom. The third-order valence-electron chi connectivity index (χ3n) is 1.68. The minimum Gasteiger partial charge on any atom is -0.396 e. The molecule has 0 bridgehead atoms. The van der Waals surface area contributed by atoms with Crippen LogP contribution in [0.1, 0.15) is 33.6 Å². The molecule has 0 aliphatic carbocycles. The topological polar surface area (TPSA) is 29.5 Å². The van der Waals surface area contributed by atoms with Gasteiger partial charge in [-0.1, -0.05) is 6.92 Å². The van der Waals surface area contributed by atoms with E-state index >= 15 is 0 Å². The first-order chi connectivity index (χ1) is 5.16. The summed E-state index contributed by atoms with van der Waals surface area (Å²) >= 11 is 0. The zero-order valence-electron chi connectivity index (χ0n) is 7.84. The first-order valence-electron chi connectivity index (χ1n) is 4.39. The fourth-order valence-corrected chi connectivity index (χ4v) is 0.870. The van der Waals surface area contributed by atoms with Gasteiger partial charge < -0.3 is 9.84 Å². The van der Waals surface area contributed by atoms with Crippen LogP contribution in [0.25, 0.3) is 0 Å². The average Bonchev–Trinajstić information content (AvgIpc) is 1.87. The van der Waals surface area contributed by atoms with Crippen LogP contribution >= 0.6 is 0 Å². The van der Waals surface area contributed by atoms with Gasteiger partial charge in [-0.2, -0.15) is 0 Å². The van der Waals surface area contributed by atoms with Crippen LogP contribution in [0.15, 0.2) is 0 Å². The molecule has 0 aliphatic heterocycles. The lowest BCUT2D eigenvalue weighted by Gasteiger charge is -2.11. The Labute approximate surface area is 69.6 Å². The van der Waals surface area contributed by atoms with E-state index in [1.807, 2.05) is 13.8 Å². The first kappa shape index (κ1) is 10.9. The lowest BCUT2D eigenvalue weighted by molar-refractivity contribution is 0.0675. The molecule has 0 heterocycles. The molecule has 0 fully saturated rings. The predicted molar refractivity (Wildman–Crippen MR) is 46.6 cm³/mol. The summed E-state index contributed by atoms with van der Waals surface area (Å²) in [5, 5.41) is 8.60. The van der Waals surface area contributed by atoms with Gasteiger partial charge in [-0.15, -0.1) is 0 Å². The van der Waals surface area contributed by atoms with Crippen molar-refractivity contribution in [2.75, 3.05) is 13.2 Å². The summed E-state index contributed by atoms with van der Waals surface area (Å²) in [5.41, 5.74) is 0. The van der Waals surface area contributed by atoms with Crippen molar-refractivity contribution < 1.29 is 9.84 Å². The Kier molecular flexibility index (Phi) is 6.57. The van der Waals surface area contributed by atoms with Gasteiger partial charge in [0.1, 0.15) is 0 Å². The molecule has 0 saturated carbocycles. The maximum absolute atomic E-state index is 8.60. The quantitative estimate of drug-likeness (QED) is 0.642. The molecule has 1 N–H and O–H groups in total. The second-order valence-electron chi connectivity index (χ2n) is 3.33. The highest BCUT2D eigenvalue weighted by Crippen LogP contribution is 2.06. The molecule has 0 amide bonds. The summed E-state index contributed by atoms with van der Waals surface area (Å²) in [6.07, 6.45) is 2.27. The SMILES string of the molecule is CC(CCO)CCOC(C)C. The number of hydrogen-bond acceptors (Lipinski definition) is 2. The number of aliphatic hydroxyl groups excluding tert-OH is 1. The van der Waals surface area contributed by atoms with Crippen LogP contribution in [0.5, 0.6) is 0 Å². The van der Waals surface area contributed by atoms with E-state index < -0.39 is 0 Å². The maximum Gasteiger partial charge on any atom is 0.0518 e. The van der Waals surface area contributed by atoms with Crippen LogP contribution in [0.4, 0.5) is 0 Å². The Morgan fingerprint density at radius 2 is 1.82 bits per heavy atom. The number of aliphatic hydroxyl groups is 1. The molecule has 0 rings (SSSR count). The van der Waals surface area contributed by atoms with Gasteiger partial charge in [0, 0.05) is 13.2 Å². The van der Waals surface area contributed by atoms with Crippen LogP contribution in [0.3, 0.4) is 0 Å². The largest absolute Gasteiger partial charge is 0.396 e. The summed E-state index contributed by atoms with van der Waals surface area (Å²) < 4.78 is 5.38. The molecule has 0 saturated heterocycles. The fourth-order valence-electron chi connectivity index (χ4n) is 0.870. The monoisotopic (exact) mass is 160 g/mol. The summed E-state index contributed by atoms with van der Waals surface area (Å²) in [7, 11) is 0. The van der Waals surface area contributed by atoms with E-state index in [1.165, 1.54) is 0 Å². The summed E-state index contributed by atoms with van der Waals surface area (Å²) in [6, 6.07) is 0. The van der Waals surface area contributed by atoms with Gasteiger partial charge in [0.2, 0.25) is 0 Å². The Hall–Kier alpha value is -0.0800. The molecule has 0 aliphatic rings. The van der Waals surface area contributed by atoms with E-state index in [9.17, 15) is 0 Å². The molecule has 68 valence electrons. The van der Waals surface area contributed by atoms with Crippen molar-refractivity contribution >= 4 is 0 Å². The molecule has 0 aromatic carbocycles. The van der Waals surface area contributed by atoms with Crippen molar-refractivity contribution in [2.24, 2.45) is 5.92 Å². The normalized spacial score (nSPS) is 13.9. The molecular formula is C9H20O2. The van der Waals surface area contributed by atoms with Crippen LogP contribution in [0, 0.1) is 5.92 Å². The molecule has 2 heteroatoms. The third-order valence-corrected chi connectivity index (χ3v) is 1.68. The zero-order valence-corrected chi connectivity index (χ0v) is 7.84. The lowest BCUT2D eigenvalue weighted by atomic mass is 10.1. The Balaban J connectivity index is 3.10. The lowest BCUT2D eigenvalue weighted by Crippen LogP contribution is -2.08. The molecule has 1 unspecified atom stereocenters. The van der Waals surface area contributed by atoms with Gasteiger partial charge in [-0.3, -0.25) is 0 Å². The predicted octanol–water partition coefficient (Wildman–Crippen LogP) is 1.82. The minimum absolute atomic E-state index is 0.294. The third kappa shape index (κ3) is 7.82. The summed E-state index contributed by atoms with van der Waals surface area (Å²) in [5.74, 6) is 0.582. The minimum atomic E-state index is 0.294. The summed E-state index contributed by atoms with van der Waals surface area (Å²) in [4.78, 5) is 0. The van der Waals surface area contributed by atoms with E-state index in [1.54, 1.807) is 0 Å². The van der Waals surface area contributed by atoms with Crippen molar-refractivity contribution in [2.45, 2.75) is 39.7 Å². The zero-order chi connectivity index (χ0) is 8.69. The van der Waals surface area contributed by atoms with Crippen molar-refractivity contribution in [3.63, 3.8) is 0 Å². The average molecular weight is 160 g/mol. The van der Waals surface area contributed by atoms with E-state index in [4.69, 9.17) is 9.84 Å². The second kappa shape index (κ2) is 6.62. The van der Waals surface area contributed by atoms with E-state index in [0.717, 1.165) is 19.4 Å². The molecule has 11 heavy (non-hydrogen) atoms. The number of hydrogen-bond donors (Lipinski definition) is 1. The van der Waals surface area contributed by atoms with Crippen LogP contribution in [0.2, 0.25) is 0 Å². The van der Waals surface area contributed by atoms with Gasteiger partial charge in [-0.05, 0) is 32.6 Å². The van der Waals surface area contributed by atoms with Gasteiger partial charge in [0.25, 0.3) is 0 Å². The fraction of sp³-hybridized carbons (Fsp3) is 1.00. The van der Waals surface area contributed by atoms with Crippen molar-refractivity contribution in [1.82, 2.24) is 0 Å². The van der Waals surface area contributed by atoms with E-state index in [2.05, 4.69) is 6.92 Å². The smallest absolute Gasteiger partial charge is 0.0518 e. The standard InChI is InChI=1S/C9H20O2/c1-8(2)11-7-5-9(3)4-6-10/h8-10H,4-7H2,1-3H3. The first-order valence-corrected chi connectivity index (χ1v) is 4.39. The van der Waals surface area contributed by atoms with Gasteiger partial charge in [-0.25, -0.2) is 0 Å². The van der Waals surface area contributed by atoms with Crippen molar-refractivity contribution in [3.8, 4) is 0 Å². The Morgan fingerprint density at radius 1 is 1.18 bits per heavy atom. The maximum atomic E-state index is 8.60. The molecule has 1 atom stereocenters. The van der Waals surface area contributed by atoms with Gasteiger partial charge >= 0.3 is 0 Å². The van der Waals surface area contributed by atoms with Crippen LogP contribution < -0.4 is 0 Å². The molecular weight excluding hydrogens is 140 g/mol. The molecule has 0 radical (unpaired) electrons. The highest BCUT2D eigenvalue weighted by Gasteiger charge is 2.01. The van der Waals surface area contributed by atoms with Gasteiger partial charge in [0.05, 0.1) is 6.10 Å². The van der Waals surface area contributed by atoms with Crippen LogP contribution in [-0.2, 0) is 4.74 Å². The molecule has 2 nitrogen and oxygen atoms in total. The highest BCUT2D eigenvalue weighted by atomic mass is 16.5. The molecule has 0 aromatic heterocycles. The van der Waals surface area contributed by atoms with Crippen molar-refractivity contribution in [3.05, 3.63) is 0 Å². The van der Waals surface area contributed by atoms with E-state index in [-0.39, 0.29) is 0 Å². The van der Waals surface area contributed by atoms with Gasteiger partial charge in [0.15, 0.2) is 0 Å². The Bertz CT molecular complexity index is 81.6. The molecule has 0 spiro atoms. The van der Waals surface area contributed by atoms with E-state index in [0.29, 0.717) is 18.6 Å². The second-order valence-corrected chi connectivity index (χ2v) is 3.33. The van der Waals surface area contributed by atoms with Crippen molar-refractivity contribution in [1.29, 1.82) is 0 Å². The number of rotatable bonds is 6. The molecule has 0 aromatic rings. The van der Waals surface area contributed by atoms with Crippen LogP contribution in [-0.4, -0.2) is 24.4 Å². The highest BCUT2D eigenvalue weighted by molar-refractivity contribution is 4.51.